The second-order valence-electron chi connectivity index (χ2n) is 4.97. The number of cyclic esters (lactones) is 1. The minimum absolute atomic E-state index is 0.0803. The van der Waals surface area contributed by atoms with Crippen LogP contribution in [0.3, 0.4) is 0 Å². The van der Waals surface area contributed by atoms with Crippen LogP contribution in [-0.2, 0) is 16.1 Å². The van der Waals surface area contributed by atoms with Gasteiger partial charge in [-0.1, -0.05) is 42.1 Å². The van der Waals surface area contributed by atoms with E-state index in [1.54, 1.807) is 0 Å². The maximum Gasteiger partial charge on any atom is 0.344 e. The lowest BCUT2D eigenvalue weighted by molar-refractivity contribution is -0.140. The molecule has 1 aromatic carbocycles. The molecule has 1 aromatic heterocycles. The molecule has 0 aliphatic carbocycles. The molecule has 110 valence electrons. The molecule has 1 aliphatic rings. The monoisotopic (exact) mass is 305 g/mol. The highest BCUT2D eigenvalue weighted by molar-refractivity contribution is 8.00. The Hall–Kier alpha value is -2.02. The first-order valence-electron chi connectivity index (χ1n) is 6.70. The summed E-state index contributed by atoms with van der Waals surface area (Å²) in [5, 5.41) is 6.67. The Bertz CT molecular complexity index is 695. The van der Waals surface area contributed by atoms with Crippen molar-refractivity contribution in [2.24, 2.45) is 0 Å². The van der Waals surface area contributed by atoms with Crippen molar-refractivity contribution in [2.75, 3.05) is 0 Å². The van der Waals surface area contributed by atoms with E-state index in [2.05, 4.69) is 10.2 Å². The third-order valence-electron chi connectivity index (χ3n) is 3.28. The number of H-pyrrole nitrogens is 1. The van der Waals surface area contributed by atoms with Crippen molar-refractivity contribution < 1.29 is 9.53 Å². The highest BCUT2D eigenvalue weighted by Gasteiger charge is 2.34. The molecule has 0 unspecified atom stereocenters. The summed E-state index contributed by atoms with van der Waals surface area (Å²) < 4.78 is 6.66. The van der Waals surface area contributed by atoms with Crippen LogP contribution >= 0.6 is 11.8 Å². The fourth-order valence-electron chi connectivity index (χ4n) is 2.24. The Labute approximate surface area is 125 Å². The first-order valence-corrected chi connectivity index (χ1v) is 7.57. The number of aromatic amines is 1. The Morgan fingerprint density at radius 1 is 1.38 bits per heavy atom. The van der Waals surface area contributed by atoms with E-state index < -0.39 is 0 Å². The van der Waals surface area contributed by atoms with E-state index in [1.165, 1.54) is 16.3 Å². The molecule has 0 saturated carbocycles. The standard InChI is InChI=1S/C14H15N3O3S/c1-9-7-11(12(18)20-9)21-14-16-15-13(19)17(14)8-10-5-3-2-4-6-10/h2-6,9,11H,7-8H2,1H3,(H,15,19)/t9-,11-/m0/s1. The van der Waals surface area contributed by atoms with Gasteiger partial charge in [0.2, 0.25) is 0 Å². The summed E-state index contributed by atoms with van der Waals surface area (Å²) in [6.07, 6.45) is 0.554. The highest BCUT2D eigenvalue weighted by atomic mass is 32.2. The van der Waals surface area contributed by atoms with E-state index in [0.29, 0.717) is 18.1 Å². The number of benzene rings is 1. The van der Waals surface area contributed by atoms with E-state index in [-0.39, 0.29) is 23.0 Å². The van der Waals surface area contributed by atoms with E-state index in [9.17, 15) is 9.59 Å². The second-order valence-corrected chi connectivity index (χ2v) is 6.14. The molecule has 0 bridgehead atoms. The molecule has 2 atom stereocenters. The van der Waals surface area contributed by atoms with Crippen molar-refractivity contribution in [3.05, 3.63) is 46.4 Å². The summed E-state index contributed by atoms with van der Waals surface area (Å²) >= 11 is 1.28. The summed E-state index contributed by atoms with van der Waals surface area (Å²) in [4.78, 5) is 23.6. The number of hydrogen-bond acceptors (Lipinski definition) is 5. The number of nitrogens with one attached hydrogen (secondary N) is 1. The third kappa shape index (κ3) is 3.02. The third-order valence-corrected chi connectivity index (χ3v) is 4.47. The Kier molecular flexibility index (Phi) is 3.83. The smallest absolute Gasteiger partial charge is 0.344 e. The number of thioether (sulfide) groups is 1. The average Bonchev–Trinajstić information content (AvgIpc) is 2.96. The van der Waals surface area contributed by atoms with Gasteiger partial charge in [-0.3, -0.25) is 9.36 Å². The zero-order valence-electron chi connectivity index (χ0n) is 11.5. The van der Waals surface area contributed by atoms with Crippen molar-refractivity contribution in [3.8, 4) is 0 Å². The van der Waals surface area contributed by atoms with Gasteiger partial charge in [0, 0.05) is 6.42 Å². The molecule has 1 fully saturated rings. The van der Waals surface area contributed by atoms with Gasteiger partial charge in [0.25, 0.3) is 0 Å². The number of carbonyl (C=O) groups excluding carboxylic acids is 1. The fourth-order valence-corrected chi connectivity index (χ4v) is 3.39. The number of ether oxygens (including phenoxy) is 1. The lowest BCUT2D eigenvalue weighted by Gasteiger charge is -2.07. The van der Waals surface area contributed by atoms with Crippen molar-refractivity contribution in [1.29, 1.82) is 0 Å². The SMILES string of the molecule is C[C@H]1C[C@H](Sc2n[nH]c(=O)n2Cc2ccccc2)C(=O)O1. The average molecular weight is 305 g/mol. The lowest BCUT2D eigenvalue weighted by atomic mass is 10.2. The largest absolute Gasteiger partial charge is 0.462 e. The summed E-state index contributed by atoms with van der Waals surface area (Å²) in [5.41, 5.74) is 0.728. The van der Waals surface area contributed by atoms with Gasteiger partial charge in [-0.25, -0.2) is 9.89 Å². The Balaban J connectivity index is 1.81. The minimum atomic E-state index is -0.301. The van der Waals surface area contributed by atoms with Crippen LogP contribution in [0.25, 0.3) is 0 Å². The highest BCUT2D eigenvalue weighted by Crippen LogP contribution is 2.30. The molecule has 1 saturated heterocycles. The normalized spacial score (nSPS) is 21.5. The number of esters is 1. The molecule has 1 N–H and O–H groups in total. The van der Waals surface area contributed by atoms with Gasteiger partial charge < -0.3 is 4.74 Å². The summed E-state index contributed by atoms with van der Waals surface area (Å²) in [5.74, 6) is -0.241. The molecule has 1 aliphatic heterocycles. The van der Waals surface area contributed by atoms with Crippen LogP contribution in [0.5, 0.6) is 0 Å². The summed E-state index contributed by atoms with van der Waals surface area (Å²) in [7, 11) is 0. The van der Waals surface area contributed by atoms with Crippen molar-refractivity contribution in [2.45, 2.75) is 36.4 Å². The number of hydrogen-bond donors (Lipinski definition) is 1. The van der Waals surface area contributed by atoms with Crippen molar-refractivity contribution in [1.82, 2.24) is 14.8 Å². The van der Waals surface area contributed by atoms with Crippen LogP contribution in [0.4, 0.5) is 0 Å². The molecule has 6 nitrogen and oxygen atoms in total. The first-order chi connectivity index (χ1) is 10.1. The van der Waals surface area contributed by atoms with E-state index >= 15 is 0 Å². The van der Waals surface area contributed by atoms with Gasteiger partial charge in [-0.2, -0.15) is 0 Å². The number of rotatable bonds is 4. The molecule has 0 radical (unpaired) electrons. The molecule has 0 amide bonds. The molecule has 0 spiro atoms. The summed E-state index contributed by atoms with van der Waals surface area (Å²) in [6, 6.07) is 9.65. The number of aromatic nitrogens is 3. The van der Waals surface area contributed by atoms with E-state index in [1.807, 2.05) is 37.3 Å². The fraction of sp³-hybridized carbons (Fsp3) is 0.357. The van der Waals surface area contributed by atoms with Gasteiger partial charge >= 0.3 is 11.7 Å². The van der Waals surface area contributed by atoms with E-state index in [4.69, 9.17) is 4.74 Å². The van der Waals surface area contributed by atoms with Crippen LogP contribution in [-0.4, -0.2) is 32.1 Å². The predicted molar refractivity (Wildman–Crippen MR) is 78.2 cm³/mol. The van der Waals surface area contributed by atoms with Gasteiger partial charge in [-0.15, -0.1) is 5.10 Å². The van der Waals surface area contributed by atoms with Crippen LogP contribution in [0.15, 0.2) is 40.3 Å². The second kappa shape index (κ2) is 5.77. The number of nitrogens with zero attached hydrogens (tertiary/aromatic N) is 2. The van der Waals surface area contributed by atoms with Gasteiger partial charge in [-0.05, 0) is 12.5 Å². The molecular weight excluding hydrogens is 290 g/mol. The number of carbonyl (C=O) groups is 1. The topological polar surface area (TPSA) is 77.0 Å². The van der Waals surface area contributed by atoms with E-state index in [0.717, 1.165) is 5.56 Å². The first kappa shape index (κ1) is 13.9. The Morgan fingerprint density at radius 3 is 2.81 bits per heavy atom. The van der Waals surface area contributed by atoms with Crippen molar-refractivity contribution in [3.63, 3.8) is 0 Å². The molecule has 2 aromatic rings. The molecule has 7 heteroatoms. The molecule has 2 heterocycles. The van der Waals surface area contributed by atoms with Crippen molar-refractivity contribution >= 4 is 17.7 Å². The minimum Gasteiger partial charge on any atom is -0.462 e. The lowest BCUT2D eigenvalue weighted by Crippen LogP contribution is -2.19. The molecular formula is C14H15N3O3S. The summed E-state index contributed by atoms with van der Waals surface area (Å²) in [6.45, 7) is 2.29. The van der Waals surface area contributed by atoms with Gasteiger partial charge in [0.1, 0.15) is 11.4 Å². The zero-order valence-corrected chi connectivity index (χ0v) is 12.3. The predicted octanol–water partition coefficient (Wildman–Crippen LogP) is 1.42. The maximum absolute atomic E-state index is 11.9. The van der Waals surface area contributed by atoms with Crippen LogP contribution in [0.2, 0.25) is 0 Å². The van der Waals surface area contributed by atoms with Gasteiger partial charge in [0.05, 0.1) is 6.54 Å². The maximum atomic E-state index is 11.9. The molecule has 3 rings (SSSR count). The van der Waals surface area contributed by atoms with Crippen LogP contribution in [0.1, 0.15) is 18.9 Å². The Morgan fingerprint density at radius 2 is 2.14 bits per heavy atom. The van der Waals surface area contributed by atoms with Crippen LogP contribution in [0, 0.1) is 0 Å². The van der Waals surface area contributed by atoms with Gasteiger partial charge in [0.15, 0.2) is 5.16 Å². The quantitative estimate of drug-likeness (QED) is 0.864. The molecule has 21 heavy (non-hydrogen) atoms. The zero-order chi connectivity index (χ0) is 14.8. The van der Waals surface area contributed by atoms with Crippen LogP contribution < -0.4 is 5.69 Å².